The van der Waals surface area contributed by atoms with E-state index in [1.54, 1.807) is 10.9 Å². The average molecular weight is 403 g/mol. The molecule has 1 unspecified atom stereocenters. The number of rotatable bonds is 3. The lowest BCUT2D eigenvalue weighted by molar-refractivity contribution is 0.0960. The molecular weight excluding hydrogens is 378 g/mol. The molecule has 1 saturated heterocycles. The van der Waals surface area contributed by atoms with Crippen LogP contribution in [0.1, 0.15) is 51.0 Å². The summed E-state index contributed by atoms with van der Waals surface area (Å²) >= 11 is 0. The molecule has 1 aliphatic carbocycles. The lowest BCUT2D eigenvalue weighted by atomic mass is 9.95. The molecule has 1 aliphatic heterocycles. The summed E-state index contributed by atoms with van der Waals surface area (Å²) in [4.78, 5) is 28.2. The Balaban J connectivity index is 1.62. The zero-order chi connectivity index (χ0) is 20.1. The van der Waals surface area contributed by atoms with Crippen molar-refractivity contribution in [3.63, 3.8) is 0 Å². The third-order valence-electron chi connectivity index (χ3n) is 6.63. The third-order valence-corrected chi connectivity index (χ3v) is 6.63. The first-order valence-electron chi connectivity index (χ1n) is 11.1. The lowest BCUT2D eigenvalue weighted by Gasteiger charge is -2.24. The van der Waals surface area contributed by atoms with Crippen molar-refractivity contribution in [2.75, 3.05) is 6.61 Å². The highest BCUT2D eigenvalue weighted by Gasteiger charge is 2.26. The number of fused-ring (bicyclic) bond motifs is 4. The van der Waals surface area contributed by atoms with Gasteiger partial charge in [0.15, 0.2) is 11.3 Å². The predicted octanol–water partition coefficient (Wildman–Crippen LogP) is 3.98. The molecule has 2 fully saturated rings. The van der Waals surface area contributed by atoms with Crippen molar-refractivity contribution < 1.29 is 4.74 Å². The smallest absolute Gasteiger partial charge is 0.265 e. The second-order valence-electron chi connectivity index (χ2n) is 8.58. The molecule has 0 spiro atoms. The topological polar surface area (TPSA) is 74.8 Å². The van der Waals surface area contributed by atoms with Crippen molar-refractivity contribution in [2.45, 2.75) is 63.6 Å². The summed E-state index contributed by atoms with van der Waals surface area (Å²) in [5.74, 6) is 0. The molecule has 7 heteroatoms. The van der Waals surface area contributed by atoms with Crippen LogP contribution in [0.25, 0.3) is 33.2 Å². The molecule has 0 N–H and O–H groups in total. The van der Waals surface area contributed by atoms with Gasteiger partial charge in [-0.1, -0.05) is 31.4 Å². The molecular formula is C23H25N5O2. The maximum Gasteiger partial charge on any atom is 0.265 e. The summed E-state index contributed by atoms with van der Waals surface area (Å²) in [5.41, 5.74) is 3.80. The maximum atomic E-state index is 13.5. The van der Waals surface area contributed by atoms with Crippen molar-refractivity contribution in [2.24, 2.45) is 0 Å². The first kappa shape index (κ1) is 18.0. The number of hydrogen-bond acceptors (Lipinski definition) is 5. The molecule has 2 aliphatic rings. The monoisotopic (exact) mass is 403 g/mol. The Morgan fingerprint density at radius 1 is 0.967 bits per heavy atom. The summed E-state index contributed by atoms with van der Waals surface area (Å²) < 4.78 is 9.64. The van der Waals surface area contributed by atoms with E-state index in [4.69, 9.17) is 19.7 Å². The number of nitrogens with zero attached hydrogens (tertiary/aromatic N) is 5. The molecule has 0 amide bonds. The minimum atomic E-state index is -0.0420. The van der Waals surface area contributed by atoms with E-state index in [0.717, 1.165) is 54.6 Å². The minimum Gasteiger partial charge on any atom is -0.376 e. The fraction of sp³-hybridized carbons (Fsp3) is 0.478. The zero-order valence-electron chi connectivity index (χ0n) is 17.0. The molecule has 4 heterocycles. The highest BCUT2D eigenvalue weighted by molar-refractivity contribution is 6.04. The third kappa shape index (κ3) is 2.83. The van der Waals surface area contributed by atoms with E-state index in [0.29, 0.717) is 23.5 Å². The number of ether oxygens (including phenoxy) is 1. The Kier molecular flexibility index (Phi) is 4.30. The minimum absolute atomic E-state index is 0.0420. The molecule has 1 saturated carbocycles. The molecule has 4 aromatic rings. The van der Waals surface area contributed by atoms with Gasteiger partial charge in [-0.3, -0.25) is 9.36 Å². The van der Waals surface area contributed by atoms with E-state index < -0.39 is 0 Å². The van der Waals surface area contributed by atoms with Crippen LogP contribution >= 0.6 is 0 Å². The Morgan fingerprint density at radius 3 is 2.53 bits per heavy atom. The quantitative estimate of drug-likeness (QED) is 0.517. The van der Waals surface area contributed by atoms with E-state index >= 15 is 0 Å². The van der Waals surface area contributed by atoms with Gasteiger partial charge >= 0.3 is 0 Å². The van der Waals surface area contributed by atoms with Gasteiger partial charge in [0.1, 0.15) is 10.9 Å². The van der Waals surface area contributed by atoms with E-state index in [2.05, 4.69) is 4.57 Å². The Morgan fingerprint density at radius 2 is 1.77 bits per heavy atom. The summed E-state index contributed by atoms with van der Waals surface area (Å²) in [7, 11) is 0. The SMILES string of the molecule is O=c1c2c3nc4ccccc4nc3n(C3CCCCC3)c2ncn1CC1CCCO1. The number of aromatic nitrogens is 5. The van der Waals surface area contributed by atoms with Crippen LogP contribution < -0.4 is 5.56 Å². The highest BCUT2D eigenvalue weighted by atomic mass is 16.5. The van der Waals surface area contributed by atoms with E-state index in [9.17, 15) is 4.79 Å². The normalized spacial score (nSPS) is 20.6. The van der Waals surface area contributed by atoms with E-state index in [1.807, 2.05) is 24.3 Å². The van der Waals surface area contributed by atoms with Gasteiger partial charge in [-0.25, -0.2) is 15.0 Å². The van der Waals surface area contributed by atoms with Gasteiger partial charge in [-0.05, 0) is 37.8 Å². The maximum absolute atomic E-state index is 13.5. The van der Waals surface area contributed by atoms with Crippen LogP contribution in [0, 0.1) is 0 Å². The van der Waals surface area contributed by atoms with Crippen molar-refractivity contribution in [3.8, 4) is 0 Å². The van der Waals surface area contributed by atoms with Gasteiger partial charge in [-0.15, -0.1) is 0 Å². The van der Waals surface area contributed by atoms with Crippen LogP contribution in [-0.2, 0) is 11.3 Å². The van der Waals surface area contributed by atoms with Crippen LogP contribution in [0.3, 0.4) is 0 Å². The number of para-hydroxylation sites is 2. The summed E-state index contributed by atoms with van der Waals surface area (Å²) in [6.45, 7) is 1.31. The molecule has 154 valence electrons. The van der Waals surface area contributed by atoms with Gasteiger partial charge in [0.05, 0.1) is 30.0 Å². The van der Waals surface area contributed by atoms with Crippen LogP contribution in [0.5, 0.6) is 0 Å². The predicted molar refractivity (Wildman–Crippen MR) is 116 cm³/mol. The second-order valence-corrected chi connectivity index (χ2v) is 8.58. The average Bonchev–Trinajstić information content (AvgIpc) is 3.40. The molecule has 30 heavy (non-hydrogen) atoms. The zero-order valence-corrected chi connectivity index (χ0v) is 17.0. The first-order valence-corrected chi connectivity index (χ1v) is 11.1. The van der Waals surface area contributed by atoms with Crippen LogP contribution in [0.15, 0.2) is 35.4 Å². The van der Waals surface area contributed by atoms with Crippen molar-refractivity contribution in [1.82, 2.24) is 24.1 Å². The molecule has 7 nitrogen and oxygen atoms in total. The van der Waals surface area contributed by atoms with E-state index in [-0.39, 0.29) is 11.7 Å². The van der Waals surface area contributed by atoms with Crippen molar-refractivity contribution >= 4 is 33.2 Å². The van der Waals surface area contributed by atoms with Gasteiger partial charge in [0.2, 0.25) is 0 Å². The summed E-state index contributed by atoms with van der Waals surface area (Å²) in [6.07, 6.45) is 9.65. The Hall–Kier alpha value is -2.80. The van der Waals surface area contributed by atoms with Gasteiger partial charge in [0, 0.05) is 12.6 Å². The lowest BCUT2D eigenvalue weighted by Crippen LogP contribution is -2.27. The van der Waals surface area contributed by atoms with Crippen molar-refractivity contribution in [3.05, 3.63) is 40.9 Å². The Bertz CT molecular complexity index is 1300. The van der Waals surface area contributed by atoms with Crippen LogP contribution in [-0.4, -0.2) is 36.8 Å². The Labute approximate surface area is 173 Å². The largest absolute Gasteiger partial charge is 0.376 e. The molecule has 1 atom stereocenters. The summed E-state index contributed by atoms with van der Waals surface area (Å²) in [5, 5.41) is 0.592. The van der Waals surface area contributed by atoms with Gasteiger partial charge in [0.25, 0.3) is 5.56 Å². The van der Waals surface area contributed by atoms with Gasteiger partial charge < -0.3 is 9.30 Å². The van der Waals surface area contributed by atoms with Crippen LogP contribution in [0.4, 0.5) is 0 Å². The van der Waals surface area contributed by atoms with Gasteiger partial charge in [-0.2, -0.15) is 0 Å². The van der Waals surface area contributed by atoms with Crippen LogP contribution in [0.2, 0.25) is 0 Å². The molecule has 0 bridgehead atoms. The fourth-order valence-electron chi connectivity index (χ4n) is 5.12. The second kappa shape index (κ2) is 7.16. The van der Waals surface area contributed by atoms with Crippen molar-refractivity contribution in [1.29, 1.82) is 0 Å². The molecule has 3 aromatic heterocycles. The first-order chi connectivity index (χ1) is 14.8. The fourth-order valence-corrected chi connectivity index (χ4v) is 5.12. The number of benzene rings is 1. The summed E-state index contributed by atoms with van der Waals surface area (Å²) in [6, 6.07) is 8.18. The number of hydrogen-bond donors (Lipinski definition) is 0. The van der Waals surface area contributed by atoms with E-state index in [1.165, 1.54) is 19.3 Å². The highest BCUT2D eigenvalue weighted by Crippen LogP contribution is 2.35. The molecule has 6 rings (SSSR count). The molecule has 0 radical (unpaired) electrons. The standard InChI is InChI=1S/C23H25N5O2/c29-23-19-20-22(26-18-11-5-4-10-17(18)25-20)28(15-7-2-1-3-8-15)21(19)24-14-27(23)13-16-9-6-12-30-16/h4-5,10-11,14-16H,1-3,6-9,12-13H2. The molecule has 1 aromatic carbocycles.